The van der Waals surface area contributed by atoms with Crippen LogP contribution in [0.4, 0.5) is 5.69 Å². The second kappa shape index (κ2) is 7.34. The molecular formula is C12H12ClN3OS2. The molecule has 0 radical (unpaired) electrons. The van der Waals surface area contributed by atoms with Crippen LogP contribution in [0.3, 0.4) is 0 Å². The van der Waals surface area contributed by atoms with Gasteiger partial charge in [-0.1, -0.05) is 35.6 Å². The van der Waals surface area contributed by atoms with Gasteiger partial charge in [-0.2, -0.15) is 5.26 Å². The van der Waals surface area contributed by atoms with Gasteiger partial charge in [0.25, 0.3) is 0 Å². The number of amides is 1. The Morgan fingerprint density at radius 1 is 1.58 bits per heavy atom. The molecule has 0 aliphatic carbocycles. The molecule has 0 spiro atoms. The van der Waals surface area contributed by atoms with E-state index < -0.39 is 0 Å². The zero-order chi connectivity index (χ0) is 14.4. The van der Waals surface area contributed by atoms with E-state index in [1.807, 2.05) is 20.2 Å². The summed E-state index contributed by atoms with van der Waals surface area (Å²) in [4.78, 5) is 13.5. The van der Waals surface area contributed by atoms with Crippen molar-refractivity contribution in [3.63, 3.8) is 0 Å². The maximum atomic E-state index is 11.7. The number of carbonyl (C=O) groups is 1. The number of nitrogens with zero attached hydrogens (tertiary/aromatic N) is 2. The molecule has 4 nitrogen and oxygen atoms in total. The fraction of sp³-hybridized carbons (Fsp3) is 0.250. The second-order valence-corrected chi connectivity index (χ2v) is 5.82. The van der Waals surface area contributed by atoms with Crippen LogP contribution in [0.25, 0.3) is 0 Å². The van der Waals surface area contributed by atoms with Crippen molar-refractivity contribution in [1.82, 2.24) is 4.90 Å². The molecule has 1 amide bonds. The molecule has 7 heteroatoms. The summed E-state index contributed by atoms with van der Waals surface area (Å²) in [5, 5.41) is 11.8. The maximum Gasteiger partial charge on any atom is 0.234 e. The molecule has 1 aromatic rings. The first-order chi connectivity index (χ1) is 8.93. The minimum atomic E-state index is -0.171. The average molecular weight is 314 g/mol. The molecule has 0 fully saturated rings. The van der Waals surface area contributed by atoms with Gasteiger partial charge < -0.3 is 10.2 Å². The summed E-state index contributed by atoms with van der Waals surface area (Å²) in [6, 6.07) is 6.71. The van der Waals surface area contributed by atoms with E-state index in [4.69, 9.17) is 29.1 Å². The number of halogens is 1. The number of thiocarbonyl (C=S) groups is 1. The Morgan fingerprint density at radius 2 is 2.26 bits per heavy atom. The zero-order valence-corrected chi connectivity index (χ0v) is 12.8. The Labute approximate surface area is 126 Å². The fourth-order valence-corrected chi connectivity index (χ4v) is 2.12. The molecule has 0 bridgehead atoms. The third kappa shape index (κ3) is 5.07. The predicted octanol–water partition coefficient (Wildman–Crippen LogP) is 2.73. The van der Waals surface area contributed by atoms with Gasteiger partial charge in [0.15, 0.2) is 0 Å². The Balaban J connectivity index is 2.56. The summed E-state index contributed by atoms with van der Waals surface area (Å²) in [7, 11) is 3.65. The summed E-state index contributed by atoms with van der Waals surface area (Å²) in [5.41, 5.74) is 0.938. The van der Waals surface area contributed by atoms with E-state index in [-0.39, 0.29) is 11.7 Å². The number of thioether (sulfide) groups is 1. The normalized spacial score (nSPS) is 9.58. The number of hydrogen-bond acceptors (Lipinski definition) is 4. The molecule has 0 saturated carbocycles. The van der Waals surface area contributed by atoms with Gasteiger partial charge >= 0.3 is 0 Å². The van der Waals surface area contributed by atoms with Crippen molar-refractivity contribution in [2.45, 2.75) is 0 Å². The number of anilines is 1. The molecule has 0 unspecified atom stereocenters. The lowest BCUT2D eigenvalue weighted by molar-refractivity contribution is -0.113. The van der Waals surface area contributed by atoms with Gasteiger partial charge in [-0.25, -0.2) is 0 Å². The topological polar surface area (TPSA) is 56.1 Å². The highest BCUT2D eigenvalue weighted by Crippen LogP contribution is 2.20. The number of hydrogen-bond donors (Lipinski definition) is 1. The Bertz CT molecular complexity index is 540. The summed E-state index contributed by atoms with van der Waals surface area (Å²) in [6.07, 6.45) is 0. The minimum absolute atomic E-state index is 0.171. The first kappa shape index (κ1) is 15.8. The van der Waals surface area contributed by atoms with Crippen LogP contribution < -0.4 is 5.32 Å². The van der Waals surface area contributed by atoms with Crippen molar-refractivity contribution >= 4 is 51.5 Å². The van der Waals surface area contributed by atoms with Gasteiger partial charge in [0, 0.05) is 19.8 Å². The molecule has 19 heavy (non-hydrogen) atoms. The van der Waals surface area contributed by atoms with Crippen molar-refractivity contribution in [3.05, 3.63) is 28.8 Å². The standard InChI is InChI=1S/C12H12ClN3OS2/c1-16(2)12(18)19-7-11(17)15-9-4-3-8(6-14)10(13)5-9/h3-5H,7H2,1-2H3,(H,15,17). The van der Waals surface area contributed by atoms with Gasteiger partial charge in [0.1, 0.15) is 10.4 Å². The van der Waals surface area contributed by atoms with E-state index in [0.29, 0.717) is 20.6 Å². The highest BCUT2D eigenvalue weighted by atomic mass is 35.5. The Morgan fingerprint density at radius 3 is 2.79 bits per heavy atom. The van der Waals surface area contributed by atoms with Gasteiger partial charge in [0.05, 0.1) is 16.3 Å². The molecule has 1 rings (SSSR count). The fourth-order valence-electron chi connectivity index (χ4n) is 1.14. The molecule has 0 aromatic heterocycles. The smallest absolute Gasteiger partial charge is 0.234 e. The van der Waals surface area contributed by atoms with E-state index in [0.717, 1.165) is 0 Å². The maximum absolute atomic E-state index is 11.7. The van der Waals surface area contributed by atoms with Crippen molar-refractivity contribution < 1.29 is 4.79 Å². The summed E-state index contributed by atoms with van der Waals surface area (Å²) in [5.74, 6) is 0.0595. The third-order valence-electron chi connectivity index (χ3n) is 2.07. The summed E-state index contributed by atoms with van der Waals surface area (Å²) >= 11 is 12.2. The largest absolute Gasteiger partial charge is 0.364 e. The van der Waals surface area contributed by atoms with Crippen LogP contribution in [-0.2, 0) is 4.79 Å². The molecule has 0 atom stereocenters. The summed E-state index contributed by atoms with van der Waals surface area (Å²) in [6.45, 7) is 0. The van der Waals surface area contributed by atoms with Crippen molar-refractivity contribution in [2.24, 2.45) is 0 Å². The minimum Gasteiger partial charge on any atom is -0.364 e. The van der Waals surface area contributed by atoms with Gasteiger partial charge in [-0.15, -0.1) is 0 Å². The van der Waals surface area contributed by atoms with Crippen LogP contribution >= 0.6 is 35.6 Å². The second-order valence-electron chi connectivity index (χ2n) is 3.80. The number of nitriles is 1. The van der Waals surface area contributed by atoms with Crippen LogP contribution in [0.15, 0.2) is 18.2 Å². The monoisotopic (exact) mass is 313 g/mol. The number of benzene rings is 1. The van der Waals surface area contributed by atoms with Gasteiger partial charge in [-0.05, 0) is 18.2 Å². The van der Waals surface area contributed by atoms with Crippen molar-refractivity contribution in [1.29, 1.82) is 5.26 Å². The number of rotatable bonds is 3. The molecular weight excluding hydrogens is 302 g/mol. The van der Waals surface area contributed by atoms with Gasteiger partial charge in [0.2, 0.25) is 5.91 Å². The molecule has 0 aliphatic heterocycles. The first-order valence-corrected chi connectivity index (χ1v) is 7.05. The molecule has 1 N–H and O–H groups in total. The average Bonchev–Trinajstić information content (AvgIpc) is 2.36. The van der Waals surface area contributed by atoms with Crippen LogP contribution in [0.2, 0.25) is 5.02 Å². The van der Waals surface area contributed by atoms with E-state index in [1.165, 1.54) is 11.8 Å². The van der Waals surface area contributed by atoms with E-state index in [9.17, 15) is 4.79 Å². The molecule has 0 aliphatic rings. The third-order valence-corrected chi connectivity index (χ3v) is 4.12. The zero-order valence-electron chi connectivity index (χ0n) is 10.4. The Kier molecular flexibility index (Phi) is 6.09. The quantitative estimate of drug-likeness (QED) is 0.870. The van der Waals surface area contributed by atoms with Crippen LogP contribution in [0.5, 0.6) is 0 Å². The van der Waals surface area contributed by atoms with Crippen molar-refractivity contribution in [2.75, 3.05) is 25.2 Å². The van der Waals surface area contributed by atoms with Crippen LogP contribution in [0.1, 0.15) is 5.56 Å². The molecule has 1 aromatic carbocycles. The summed E-state index contributed by atoms with van der Waals surface area (Å²) < 4.78 is 0.646. The highest BCUT2D eigenvalue weighted by molar-refractivity contribution is 8.23. The SMILES string of the molecule is CN(C)C(=S)SCC(=O)Nc1ccc(C#N)c(Cl)c1. The van der Waals surface area contributed by atoms with Crippen LogP contribution in [-0.4, -0.2) is 35.0 Å². The lowest BCUT2D eigenvalue weighted by Gasteiger charge is -2.12. The Hall–Kier alpha value is -1.29. The van der Waals surface area contributed by atoms with E-state index in [1.54, 1.807) is 23.1 Å². The van der Waals surface area contributed by atoms with Crippen molar-refractivity contribution in [3.8, 4) is 6.07 Å². The highest BCUT2D eigenvalue weighted by Gasteiger charge is 2.08. The number of nitrogens with one attached hydrogen (secondary N) is 1. The van der Waals surface area contributed by atoms with E-state index >= 15 is 0 Å². The van der Waals surface area contributed by atoms with Gasteiger partial charge in [-0.3, -0.25) is 4.79 Å². The van der Waals surface area contributed by atoms with Crippen LogP contribution in [0, 0.1) is 11.3 Å². The molecule has 0 heterocycles. The lowest BCUT2D eigenvalue weighted by atomic mass is 10.2. The molecule has 0 saturated heterocycles. The number of carbonyl (C=O) groups excluding carboxylic acids is 1. The van der Waals surface area contributed by atoms with E-state index in [2.05, 4.69) is 5.32 Å². The molecule has 100 valence electrons. The predicted molar refractivity (Wildman–Crippen MR) is 83.5 cm³/mol. The first-order valence-electron chi connectivity index (χ1n) is 5.27. The lowest BCUT2D eigenvalue weighted by Crippen LogP contribution is -2.20.